The van der Waals surface area contributed by atoms with Gasteiger partial charge < -0.3 is 20.5 Å². The minimum Gasteiger partial charge on any atom is -0.478 e. The molecule has 21 heavy (non-hydrogen) atoms. The van der Waals surface area contributed by atoms with Crippen molar-refractivity contribution in [3.63, 3.8) is 0 Å². The number of hydrogen-bond acceptors (Lipinski definition) is 4. The van der Waals surface area contributed by atoms with Crippen molar-refractivity contribution in [1.29, 1.82) is 0 Å². The molecule has 1 aliphatic carbocycles. The highest BCUT2D eigenvalue weighted by Gasteiger charge is 2.21. The van der Waals surface area contributed by atoms with Gasteiger partial charge in [0.05, 0.1) is 18.1 Å². The molecule has 0 unspecified atom stereocenters. The molecule has 1 fully saturated rings. The molecule has 0 aliphatic heterocycles. The van der Waals surface area contributed by atoms with Gasteiger partial charge >= 0.3 is 5.97 Å². The molecule has 0 amide bonds. The smallest absolute Gasteiger partial charge is 0.331 e. The second kappa shape index (κ2) is 7.38. The Morgan fingerprint density at radius 2 is 2.14 bits per heavy atom. The zero-order valence-corrected chi connectivity index (χ0v) is 12.1. The van der Waals surface area contributed by atoms with Gasteiger partial charge in [-0.2, -0.15) is 0 Å². The average Bonchev–Trinajstić information content (AvgIpc) is 2.92. The number of hydrogen-bond donors (Lipinski definition) is 3. The number of carboxylic acid groups (broad SMARTS) is 1. The standard InChI is InChI=1S/C15H23N3O3/c16-7-1-2-11(15(20)21)8-12-9-18(10-17-12)13-3-5-14(19)6-4-13/h2,9-10,13-14,19H,1,3-8,16H2,(H,20,21)/b11-2-/t13-,14+. The molecule has 0 saturated heterocycles. The molecule has 0 bridgehead atoms. The number of nitrogens with two attached hydrogens (primary N) is 1. The SMILES string of the molecule is NCC/C=C(/Cc1cn([C@H]2CC[C@@H](O)CC2)cn1)C(=O)O. The summed E-state index contributed by atoms with van der Waals surface area (Å²) in [5, 5.41) is 18.7. The third kappa shape index (κ3) is 4.41. The van der Waals surface area contributed by atoms with Crippen LogP contribution in [-0.2, 0) is 11.2 Å². The molecule has 4 N–H and O–H groups in total. The molecule has 1 heterocycles. The molecular formula is C15H23N3O3. The highest BCUT2D eigenvalue weighted by Crippen LogP contribution is 2.28. The Bertz CT molecular complexity index is 502. The Hall–Kier alpha value is -1.66. The maximum atomic E-state index is 11.2. The summed E-state index contributed by atoms with van der Waals surface area (Å²) in [4.78, 5) is 15.5. The lowest BCUT2D eigenvalue weighted by Gasteiger charge is -2.26. The molecule has 0 spiro atoms. The van der Waals surface area contributed by atoms with Crippen LogP contribution in [0.3, 0.4) is 0 Å². The van der Waals surface area contributed by atoms with Crippen LogP contribution in [0.5, 0.6) is 0 Å². The van der Waals surface area contributed by atoms with Gasteiger partial charge in [0, 0.05) is 24.2 Å². The van der Waals surface area contributed by atoms with E-state index in [1.165, 1.54) is 0 Å². The predicted molar refractivity (Wildman–Crippen MR) is 78.8 cm³/mol. The topological polar surface area (TPSA) is 101 Å². The van der Waals surface area contributed by atoms with Gasteiger partial charge in [0.2, 0.25) is 0 Å². The Kier molecular flexibility index (Phi) is 5.52. The van der Waals surface area contributed by atoms with Crippen molar-refractivity contribution in [1.82, 2.24) is 9.55 Å². The summed E-state index contributed by atoms with van der Waals surface area (Å²) in [5.74, 6) is -0.918. The molecule has 1 aliphatic rings. The van der Waals surface area contributed by atoms with Crippen molar-refractivity contribution in [2.75, 3.05) is 6.54 Å². The zero-order valence-electron chi connectivity index (χ0n) is 12.1. The molecule has 0 radical (unpaired) electrons. The van der Waals surface area contributed by atoms with Gasteiger partial charge in [-0.05, 0) is 38.6 Å². The molecule has 0 aromatic carbocycles. The van der Waals surface area contributed by atoms with Crippen LogP contribution in [-0.4, -0.2) is 38.4 Å². The van der Waals surface area contributed by atoms with E-state index in [-0.39, 0.29) is 6.10 Å². The number of aliphatic carboxylic acids is 1. The second-order valence-corrected chi connectivity index (χ2v) is 5.56. The molecule has 0 atom stereocenters. The lowest BCUT2D eigenvalue weighted by Crippen LogP contribution is -2.20. The third-order valence-corrected chi connectivity index (χ3v) is 3.95. The Labute approximate surface area is 124 Å². The highest BCUT2D eigenvalue weighted by atomic mass is 16.4. The molecule has 116 valence electrons. The van der Waals surface area contributed by atoms with E-state index in [0.717, 1.165) is 31.4 Å². The first kappa shape index (κ1) is 15.7. The van der Waals surface area contributed by atoms with Crippen LogP contribution in [0.4, 0.5) is 0 Å². The van der Waals surface area contributed by atoms with Gasteiger partial charge in [-0.15, -0.1) is 0 Å². The first-order valence-electron chi connectivity index (χ1n) is 7.43. The van der Waals surface area contributed by atoms with E-state index in [1.54, 1.807) is 12.4 Å². The summed E-state index contributed by atoms with van der Waals surface area (Å²) in [6.07, 6.45) is 9.55. The fourth-order valence-electron chi connectivity index (χ4n) is 2.71. The third-order valence-electron chi connectivity index (χ3n) is 3.95. The summed E-state index contributed by atoms with van der Waals surface area (Å²) in [5.41, 5.74) is 6.50. The highest BCUT2D eigenvalue weighted by molar-refractivity contribution is 5.86. The van der Waals surface area contributed by atoms with Crippen molar-refractivity contribution in [3.8, 4) is 0 Å². The molecule has 6 heteroatoms. The van der Waals surface area contributed by atoms with Crippen molar-refractivity contribution < 1.29 is 15.0 Å². The summed E-state index contributed by atoms with van der Waals surface area (Å²) in [7, 11) is 0. The average molecular weight is 293 g/mol. The van der Waals surface area contributed by atoms with Crippen LogP contribution in [0.25, 0.3) is 0 Å². The van der Waals surface area contributed by atoms with Crippen molar-refractivity contribution in [2.24, 2.45) is 5.73 Å². The Morgan fingerprint density at radius 3 is 2.76 bits per heavy atom. The number of aliphatic hydroxyl groups is 1. The number of aromatic nitrogens is 2. The lowest BCUT2D eigenvalue weighted by molar-refractivity contribution is -0.132. The van der Waals surface area contributed by atoms with E-state index in [9.17, 15) is 15.0 Å². The number of rotatable bonds is 6. The van der Waals surface area contributed by atoms with Gasteiger partial charge in [-0.3, -0.25) is 0 Å². The van der Waals surface area contributed by atoms with Gasteiger partial charge in [-0.1, -0.05) is 6.08 Å². The summed E-state index contributed by atoms with van der Waals surface area (Å²) < 4.78 is 2.05. The molecule has 6 nitrogen and oxygen atoms in total. The molecule has 1 aromatic heterocycles. The number of imidazole rings is 1. The largest absolute Gasteiger partial charge is 0.478 e. The number of aliphatic hydroxyl groups excluding tert-OH is 1. The predicted octanol–water partition coefficient (Wildman–Crippen LogP) is 1.26. The van der Waals surface area contributed by atoms with E-state index < -0.39 is 5.97 Å². The summed E-state index contributed by atoms with van der Waals surface area (Å²) >= 11 is 0. The molecular weight excluding hydrogens is 270 g/mol. The number of carboxylic acids is 1. The first-order chi connectivity index (χ1) is 10.1. The summed E-state index contributed by atoms with van der Waals surface area (Å²) in [6.45, 7) is 0.440. The monoisotopic (exact) mass is 293 g/mol. The van der Waals surface area contributed by atoms with Gasteiger partial charge in [0.25, 0.3) is 0 Å². The maximum Gasteiger partial charge on any atom is 0.331 e. The normalized spacial score (nSPS) is 23.2. The summed E-state index contributed by atoms with van der Waals surface area (Å²) in [6, 6.07) is 0.357. The van der Waals surface area contributed by atoms with E-state index in [2.05, 4.69) is 4.98 Å². The molecule has 2 rings (SSSR count). The van der Waals surface area contributed by atoms with E-state index in [4.69, 9.17) is 5.73 Å². The lowest BCUT2D eigenvalue weighted by atomic mass is 9.93. The van der Waals surface area contributed by atoms with Crippen molar-refractivity contribution in [2.45, 2.75) is 50.7 Å². The fourth-order valence-corrected chi connectivity index (χ4v) is 2.71. The minimum absolute atomic E-state index is 0.179. The number of nitrogens with zero attached hydrogens (tertiary/aromatic N) is 2. The second-order valence-electron chi connectivity index (χ2n) is 5.56. The first-order valence-corrected chi connectivity index (χ1v) is 7.43. The van der Waals surface area contributed by atoms with Crippen LogP contribution in [0.2, 0.25) is 0 Å². The fraction of sp³-hybridized carbons (Fsp3) is 0.600. The number of carbonyl (C=O) groups is 1. The minimum atomic E-state index is -0.918. The van der Waals surface area contributed by atoms with Crippen LogP contribution in [0.1, 0.15) is 43.8 Å². The maximum absolute atomic E-state index is 11.2. The van der Waals surface area contributed by atoms with Crippen LogP contribution in [0, 0.1) is 0 Å². The van der Waals surface area contributed by atoms with Gasteiger partial charge in [0.15, 0.2) is 0 Å². The quantitative estimate of drug-likeness (QED) is 0.685. The van der Waals surface area contributed by atoms with Crippen LogP contribution in [0.15, 0.2) is 24.2 Å². The van der Waals surface area contributed by atoms with Crippen molar-refractivity contribution in [3.05, 3.63) is 29.9 Å². The van der Waals surface area contributed by atoms with E-state index in [0.29, 0.717) is 31.0 Å². The van der Waals surface area contributed by atoms with Crippen molar-refractivity contribution >= 4 is 5.97 Å². The van der Waals surface area contributed by atoms with Gasteiger partial charge in [0.1, 0.15) is 0 Å². The Balaban J connectivity index is 2.00. The zero-order chi connectivity index (χ0) is 15.2. The Morgan fingerprint density at radius 1 is 1.43 bits per heavy atom. The molecule has 1 saturated carbocycles. The van der Waals surface area contributed by atoms with Crippen LogP contribution >= 0.6 is 0 Å². The molecule has 1 aromatic rings. The van der Waals surface area contributed by atoms with Crippen LogP contribution < -0.4 is 5.73 Å². The van der Waals surface area contributed by atoms with E-state index in [1.807, 2.05) is 10.8 Å². The van der Waals surface area contributed by atoms with E-state index >= 15 is 0 Å². The van der Waals surface area contributed by atoms with Gasteiger partial charge in [-0.25, -0.2) is 9.78 Å².